The van der Waals surface area contributed by atoms with Gasteiger partial charge in [0.15, 0.2) is 0 Å². The summed E-state index contributed by atoms with van der Waals surface area (Å²) in [6.07, 6.45) is -0.806. The van der Waals surface area contributed by atoms with E-state index in [-0.39, 0.29) is 25.8 Å². The maximum absolute atomic E-state index is 9.43. The number of hydrogen-bond acceptors (Lipinski definition) is 2. The van der Waals surface area contributed by atoms with Crippen LogP contribution >= 0.6 is 0 Å². The smallest absolute Gasteiger partial charge is 0.314 e. The molecule has 0 saturated carbocycles. The molecule has 0 fully saturated rings. The fraction of sp³-hybridized carbons (Fsp3) is 0.333. The van der Waals surface area contributed by atoms with Crippen LogP contribution in [0.3, 0.4) is 0 Å². The first kappa shape index (κ1) is 10.7. The molecule has 0 heterocycles. The molecule has 0 aliphatic heterocycles. The van der Waals surface area contributed by atoms with Crippen LogP contribution in [0.4, 0.5) is 0 Å². The maximum Gasteiger partial charge on any atom is 0.314 e. The minimum atomic E-state index is -1.31. The van der Waals surface area contributed by atoms with Crippen LogP contribution in [0.2, 0.25) is 0 Å². The second-order valence-corrected chi connectivity index (χ2v) is 0.964. The molecule has 0 aliphatic carbocycles. The zero-order chi connectivity index (χ0) is 5.86. The summed E-state index contributed by atoms with van der Waals surface area (Å²) in [5.74, 6) is -2.62. The van der Waals surface area contributed by atoms with Crippen molar-refractivity contribution < 1.29 is 45.6 Å². The van der Waals surface area contributed by atoms with Crippen LogP contribution in [0.5, 0.6) is 0 Å². The van der Waals surface area contributed by atoms with Gasteiger partial charge >= 0.3 is 11.9 Å². The topological polar surface area (TPSA) is 74.6 Å². The van der Waals surface area contributed by atoms with Crippen molar-refractivity contribution in [2.75, 3.05) is 0 Å². The van der Waals surface area contributed by atoms with Crippen molar-refractivity contribution in [1.29, 1.82) is 0 Å². The predicted molar refractivity (Wildman–Crippen MR) is 19.9 cm³/mol. The van der Waals surface area contributed by atoms with Crippen molar-refractivity contribution in [3.8, 4) is 0 Å². The molecule has 2 N–H and O–H groups in total. The molecular formula is C3H4O4Sc. The fourth-order valence-corrected chi connectivity index (χ4v) is 0.129. The average Bonchev–Trinajstić information content (AvgIpc) is 1.27. The van der Waals surface area contributed by atoms with Gasteiger partial charge in [-0.25, -0.2) is 0 Å². The Morgan fingerprint density at radius 2 is 1.38 bits per heavy atom. The number of hydrogen-bond donors (Lipinski definition) is 2. The van der Waals surface area contributed by atoms with Gasteiger partial charge < -0.3 is 10.2 Å². The summed E-state index contributed by atoms with van der Waals surface area (Å²) >= 11 is 0. The Bertz CT molecular complexity index is 87.5. The Kier molecular flexibility index (Phi) is 6.65. The number of carboxylic acid groups (broad SMARTS) is 2. The minimum absolute atomic E-state index is 0. The molecule has 0 aromatic carbocycles. The molecule has 0 saturated heterocycles. The first-order valence-corrected chi connectivity index (χ1v) is 1.56. The molecule has 0 aliphatic rings. The van der Waals surface area contributed by atoms with Crippen LogP contribution in [0, 0.1) is 0 Å². The van der Waals surface area contributed by atoms with E-state index in [2.05, 4.69) is 0 Å². The Labute approximate surface area is 64.3 Å². The average molecular weight is 149 g/mol. The van der Waals surface area contributed by atoms with Crippen molar-refractivity contribution in [3.63, 3.8) is 0 Å². The number of carbonyl (C=O) groups is 2. The van der Waals surface area contributed by atoms with E-state index in [0.717, 1.165) is 0 Å². The summed E-state index contributed by atoms with van der Waals surface area (Å²) in [5, 5.41) is 15.4. The molecule has 0 aromatic rings. The number of rotatable bonds is 2. The first-order chi connectivity index (χ1) is 3.13. The van der Waals surface area contributed by atoms with Gasteiger partial charge in [-0.2, -0.15) is 0 Å². The third kappa shape index (κ3) is 9.26. The number of carboxylic acids is 2. The first-order valence-electron chi connectivity index (χ1n) is 1.56. The summed E-state index contributed by atoms with van der Waals surface area (Å²) in [6.45, 7) is 0. The molecule has 0 unspecified atom stereocenters. The summed E-state index contributed by atoms with van der Waals surface area (Å²) in [6, 6.07) is 0. The van der Waals surface area contributed by atoms with Crippen LogP contribution in [-0.2, 0) is 35.4 Å². The van der Waals surface area contributed by atoms with Crippen LogP contribution < -0.4 is 0 Å². The summed E-state index contributed by atoms with van der Waals surface area (Å²) in [4.78, 5) is 18.9. The molecule has 0 amide bonds. The SMILES string of the molecule is O=C(O)CC(=O)O.[Sc]. The van der Waals surface area contributed by atoms with Crippen LogP contribution in [0.15, 0.2) is 0 Å². The van der Waals surface area contributed by atoms with Crippen LogP contribution in [0.1, 0.15) is 6.42 Å². The van der Waals surface area contributed by atoms with Gasteiger partial charge in [0.25, 0.3) is 0 Å². The molecule has 1 radical (unpaired) electrons. The molecular weight excluding hydrogens is 145 g/mol. The molecule has 8 heavy (non-hydrogen) atoms. The van der Waals surface area contributed by atoms with E-state index < -0.39 is 18.4 Å². The van der Waals surface area contributed by atoms with Crippen LogP contribution in [-0.4, -0.2) is 22.2 Å². The van der Waals surface area contributed by atoms with Gasteiger partial charge in [-0.1, -0.05) is 0 Å². The van der Waals surface area contributed by atoms with Crippen molar-refractivity contribution in [2.24, 2.45) is 0 Å². The van der Waals surface area contributed by atoms with Crippen LogP contribution in [0.25, 0.3) is 0 Å². The van der Waals surface area contributed by atoms with Gasteiger partial charge in [-0.3, -0.25) is 9.59 Å². The van der Waals surface area contributed by atoms with E-state index >= 15 is 0 Å². The largest absolute Gasteiger partial charge is 0.481 e. The molecule has 43 valence electrons. The fourth-order valence-electron chi connectivity index (χ4n) is 0.129. The third-order valence-corrected chi connectivity index (χ3v) is 0.302. The quantitative estimate of drug-likeness (QED) is 0.521. The monoisotopic (exact) mass is 149 g/mol. The second-order valence-electron chi connectivity index (χ2n) is 0.964. The molecule has 0 rings (SSSR count). The van der Waals surface area contributed by atoms with Gasteiger partial charge in [0.2, 0.25) is 0 Å². The van der Waals surface area contributed by atoms with E-state index in [1.807, 2.05) is 0 Å². The minimum Gasteiger partial charge on any atom is -0.481 e. The van der Waals surface area contributed by atoms with Crippen molar-refractivity contribution in [3.05, 3.63) is 0 Å². The van der Waals surface area contributed by atoms with E-state index in [1.54, 1.807) is 0 Å². The summed E-state index contributed by atoms with van der Waals surface area (Å²) < 4.78 is 0. The molecule has 0 spiro atoms. The Morgan fingerprint density at radius 3 is 1.38 bits per heavy atom. The molecule has 0 bridgehead atoms. The Hall–Kier alpha value is -0.190. The maximum atomic E-state index is 9.43. The second kappa shape index (κ2) is 4.96. The zero-order valence-electron chi connectivity index (χ0n) is 4.00. The van der Waals surface area contributed by atoms with Gasteiger partial charge in [0.05, 0.1) is 0 Å². The van der Waals surface area contributed by atoms with Crippen molar-refractivity contribution in [1.82, 2.24) is 0 Å². The van der Waals surface area contributed by atoms with Gasteiger partial charge in [-0.05, 0) is 0 Å². The van der Waals surface area contributed by atoms with Crippen molar-refractivity contribution >= 4 is 11.9 Å². The Morgan fingerprint density at radius 1 is 1.12 bits per heavy atom. The standard InChI is InChI=1S/C3H4O4.Sc/c4-2(5)1-3(6)7;/h1H2,(H,4,5)(H,6,7);. The van der Waals surface area contributed by atoms with E-state index in [4.69, 9.17) is 10.2 Å². The predicted octanol–water partition coefficient (Wildman–Crippen LogP) is -0.457. The van der Waals surface area contributed by atoms with E-state index in [9.17, 15) is 9.59 Å². The van der Waals surface area contributed by atoms with Crippen molar-refractivity contribution in [2.45, 2.75) is 6.42 Å². The zero-order valence-corrected chi connectivity index (χ0v) is 5.80. The summed E-state index contributed by atoms with van der Waals surface area (Å²) in [7, 11) is 0. The van der Waals surface area contributed by atoms with Gasteiger partial charge in [0.1, 0.15) is 6.42 Å². The van der Waals surface area contributed by atoms with Gasteiger partial charge in [0, 0.05) is 25.8 Å². The van der Waals surface area contributed by atoms with Gasteiger partial charge in [-0.15, -0.1) is 0 Å². The molecule has 4 nitrogen and oxygen atoms in total. The molecule has 0 atom stereocenters. The summed E-state index contributed by atoms with van der Waals surface area (Å²) in [5.41, 5.74) is 0. The molecule has 5 heteroatoms. The normalized spacial score (nSPS) is 7.00. The van der Waals surface area contributed by atoms with E-state index in [1.165, 1.54) is 0 Å². The Balaban J connectivity index is 0. The third-order valence-electron chi connectivity index (χ3n) is 0.302. The number of aliphatic carboxylic acids is 2. The molecule has 0 aromatic heterocycles. The van der Waals surface area contributed by atoms with E-state index in [0.29, 0.717) is 0 Å².